The van der Waals surface area contributed by atoms with Crippen LogP contribution in [0.15, 0.2) is 24.5 Å². The fourth-order valence-corrected chi connectivity index (χ4v) is 1.87. The predicted octanol–water partition coefficient (Wildman–Crippen LogP) is 2.91. The van der Waals surface area contributed by atoms with Crippen molar-refractivity contribution in [2.45, 2.75) is 13.3 Å². The molecule has 2 aromatic rings. The predicted molar refractivity (Wildman–Crippen MR) is 73.2 cm³/mol. The standard InChI is InChI=1S/C14H17F2N3O/c1-10-8-12(16)13(9-11(10)15)19-6-5-18-14(19)17-4-3-7-20-2/h5-6,8-9H,3-4,7H2,1-2H3,(H,17,18). The number of ether oxygens (including phenoxy) is 1. The van der Waals surface area contributed by atoms with Gasteiger partial charge in [0.05, 0.1) is 5.69 Å². The van der Waals surface area contributed by atoms with Gasteiger partial charge in [0, 0.05) is 38.7 Å². The van der Waals surface area contributed by atoms with Crippen LogP contribution in [-0.4, -0.2) is 29.8 Å². The third-order valence-electron chi connectivity index (χ3n) is 2.94. The van der Waals surface area contributed by atoms with E-state index in [2.05, 4.69) is 10.3 Å². The Hall–Kier alpha value is -1.95. The zero-order chi connectivity index (χ0) is 14.5. The van der Waals surface area contributed by atoms with Gasteiger partial charge in [-0.15, -0.1) is 0 Å². The molecule has 1 heterocycles. The Morgan fingerprint density at radius 1 is 1.30 bits per heavy atom. The molecule has 0 saturated heterocycles. The molecule has 2 rings (SSSR count). The van der Waals surface area contributed by atoms with Gasteiger partial charge in [-0.05, 0) is 25.0 Å². The Morgan fingerprint density at radius 2 is 2.10 bits per heavy atom. The van der Waals surface area contributed by atoms with Gasteiger partial charge in [0.15, 0.2) is 0 Å². The van der Waals surface area contributed by atoms with Crippen molar-refractivity contribution in [1.29, 1.82) is 0 Å². The Bertz CT molecular complexity index is 584. The molecule has 0 fully saturated rings. The molecule has 0 amide bonds. The van der Waals surface area contributed by atoms with Gasteiger partial charge < -0.3 is 10.1 Å². The lowest BCUT2D eigenvalue weighted by Gasteiger charge is -2.11. The van der Waals surface area contributed by atoms with Crippen LogP contribution in [-0.2, 0) is 4.74 Å². The topological polar surface area (TPSA) is 39.1 Å². The number of aromatic nitrogens is 2. The molecule has 0 saturated carbocycles. The minimum Gasteiger partial charge on any atom is -0.385 e. The molecule has 20 heavy (non-hydrogen) atoms. The lowest BCUT2D eigenvalue weighted by atomic mass is 10.2. The van der Waals surface area contributed by atoms with Gasteiger partial charge in [-0.3, -0.25) is 4.57 Å². The molecule has 6 heteroatoms. The monoisotopic (exact) mass is 281 g/mol. The van der Waals surface area contributed by atoms with E-state index in [1.165, 1.54) is 29.8 Å². The Morgan fingerprint density at radius 3 is 2.85 bits per heavy atom. The summed E-state index contributed by atoms with van der Waals surface area (Å²) in [5, 5.41) is 3.07. The quantitative estimate of drug-likeness (QED) is 0.827. The van der Waals surface area contributed by atoms with Gasteiger partial charge in [0.2, 0.25) is 5.95 Å². The SMILES string of the molecule is COCCCNc1nccn1-c1cc(F)c(C)cc1F. The summed E-state index contributed by atoms with van der Waals surface area (Å²) in [5.74, 6) is -0.453. The van der Waals surface area contributed by atoms with Gasteiger partial charge in [-0.2, -0.15) is 0 Å². The van der Waals surface area contributed by atoms with Crippen molar-refractivity contribution in [3.05, 3.63) is 41.7 Å². The molecule has 0 atom stereocenters. The van der Waals surface area contributed by atoms with E-state index in [1.54, 1.807) is 13.3 Å². The van der Waals surface area contributed by atoms with Crippen LogP contribution in [0.3, 0.4) is 0 Å². The number of nitrogens with one attached hydrogen (secondary N) is 1. The van der Waals surface area contributed by atoms with Crippen LogP contribution < -0.4 is 5.32 Å². The molecule has 0 radical (unpaired) electrons. The number of methoxy groups -OCH3 is 1. The fraction of sp³-hybridized carbons (Fsp3) is 0.357. The molecule has 1 N–H and O–H groups in total. The summed E-state index contributed by atoms with van der Waals surface area (Å²) in [6, 6.07) is 2.35. The van der Waals surface area contributed by atoms with Crippen molar-refractivity contribution in [2.24, 2.45) is 0 Å². The number of anilines is 1. The molecule has 0 aliphatic heterocycles. The van der Waals surface area contributed by atoms with Crippen LogP contribution in [0.4, 0.5) is 14.7 Å². The van der Waals surface area contributed by atoms with E-state index in [-0.39, 0.29) is 11.3 Å². The number of nitrogens with zero attached hydrogens (tertiary/aromatic N) is 2. The first-order chi connectivity index (χ1) is 9.63. The molecule has 0 unspecified atom stereocenters. The Kier molecular flexibility index (Phi) is 4.68. The second-order valence-corrected chi connectivity index (χ2v) is 4.45. The highest BCUT2D eigenvalue weighted by molar-refractivity contribution is 5.44. The van der Waals surface area contributed by atoms with E-state index in [1.807, 2.05) is 0 Å². The first kappa shape index (κ1) is 14.5. The van der Waals surface area contributed by atoms with Crippen molar-refractivity contribution >= 4 is 5.95 Å². The molecular formula is C14H17F2N3O. The molecule has 0 bridgehead atoms. The van der Waals surface area contributed by atoms with E-state index in [4.69, 9.17) is 4.74 Å². The molecule has 4 nitrogen and oxygen atoms in total. The van der Waals surface area contributed by atoms with Gasteiger partial charge in [-0.1, -0.05) is 0 Å². The van der Waals surface area contributed by atoms with Crippen LogP contribution in [0.2, 0.25) is 0 Å². The number of aryl methyl sites for hydroxylation is 1. The summed E-state index contributed by atoms with van der Waals surface area (Å²) in [6.45, 7) is 2.79. The largest absolute Gasteiger partial charge is 0.385 e. The normalized spacial score (nSPS) is 10.8. The highest BCUT2D eigenvalue weighted by Gasteiger charge is 2.12. The van der Waals surface area contributed by atoms with E-state index >= 15 is 0 Å². The van der Waals surface area contributed by atoms with Crippen molar-refractivity contribution in [2.75, 3.05) is 25.6 Å². The summed E-state index contributed by atoms with van der Waals surface area (Å²) in [4.78, 5) is 4.11. The van der Waals surface area contributed by atoms with Crippen molar-refractivity contribution in [3.63, 3.8) is 0 Å². The summed E-state index contributed by atoms with van der Waals surface area (Å²) in [5.41, 5.74) is 0.417. The minimum absolute atomic E-state index is 0.139. The van der Waals surface area contributed by atoms with Gasteiger partial charge >= 0.3 is 0 Å². The van der Waals surface area contributed by atoms with Crippen LogP contribution >= 0.6 is 0 Å². The van der Waals surface area contributed by atoms with Crippen LogP contribution in [0.25, 0.3) is 5.69 Å². The summed E-state index contributed by atoms with van der Waals surface area (Å²) >= 11 is 0. The van der Waals surface area contributed by atoms with E-state index in [9.17, 15) is 8.78 Å². The van der Waals surface area contributed by atoms with Crippen LogP contribution in [0.5, 0.6) is 0 Å². The number of halogens is 2. The summed E-state index contributed by atoms with van der Waals surface area (Å²) in [7, 11) is 1.63. The fourth-order valence-electron chi connectivity index (χ4n) is 1.87. The van der Waals surface area contributed by atoms with Crippen molar-refractivity contribution in [3.8, 4) is 5.69 Å². The maximum Gasteiger partial charge on any atom is 0.207 e. The molecule has 0 aliphatic carbocycles. The molecule has 0 aliphatic rings. The second-order valence-electron chi connectivity index (χ2n) is 4.45. The summed E-state index contributed by atoms with van der Waals surface area (Å²) < 4.78 is 34.0. The van der Waals surface area contributed by atoms with E-state index in [0.29, 0.717) is 19.1 Å². The minimum atomic E-state index is -0.484. The first-order valence-corrected chi connectivity index (χ1v) is 6.35. The second kappa shape index (κ2) is 6.47. The summed E-state index contributed by atoms with van der Waals surface area (Å²) in [6.07, 6.45) is 3.93. The number of hydrogen-bond acceptors (Lipinski definition) is 3. The maximum absolute atomic E-state index is 14.0. The first-order valence-electron chi connectivity index (χ1n) is 6.35. The van der Waals surface area contributed by atoms with Crippen molar-refractivity contribution in [1.82, 2.24) is 9.55 Å². The Labute approximate surface area is 116 Å². The molecule has 1 aromatic carbocycles. The molecular weight excluding hydrogens is 264 g/mol. The van der Waals surface area contributed by atoms with E-state index < -0.39 is 11.6 Å². The number of benzene rings is 1. The zero-order valence-corrected chi connectivity index (χ0v) is 11.5. The maximum atomic E-state index is 14.0. The third-order valence-corrected chi connectivity index (χ3v) is 2.94. The number of imidazole rings is 1. The molecule has 108 valence electrons. The molecule has 0 spiro atoms. The average molecular weight is 281 g/mol. The lowest BCUT2D eigenvalue weighted by molar-refractivity contribution is 0.197. The zero-order valence-electron chi connectivity index (χ0n) is 11.5. The lowest BCUT2D eigenvalue weighted by Crippen LogP contribution is -2.10. The average Bonchev–Trinajstić information content (AvgIpc) is 2.87. The number of rotatable bonds is 6. The highest BCUT2D eigenvalue weighted by atomic mass is 19.1. The number of hydrogen-bond donors (Lipinski definition) is 1. The van der Waals surface area contributed by atoms with Crippen LogP contribution in [0.1, 0.15) is 12.0 Å². The Balaban J connectivity index is 2.21. The van der Waals surface area contributed by atoms with Crippen LogP contribution in [0, 0.1) is 18.6 Å². The smallest absolute Gasteiger partial charge is 0.207 e. The van der Waals surface area contributed by atoms with Gasteiger partial charge in [-0.25, -0.2) is 13.8 Å². The van der Waals surface area contributed by atoms with Crippen molar-refractivity contribution < 1.29 is 13.5 Å². The van der Waals surface area contributed by atoms with Gasteiger partial charge in [0.25, 0.3) is 0 Å². The van der Waals surface area contributed by atoms with E-state index in [0.717, 1.165) is 6.42 Å². The highest BCUT2D eigenvalue weighted by Crippen LogP contribution is 2.21. The van der Waals surface area contributed by atoms with Gasteiger partial charge in [0.1, 0.15) is 11.6 Å². The molecule has 1 aromatic heterocycles. The third kappa shape index (κ3) is 3.14.